The number of para-hydroxylation sites is 1. The van der Waals surface area contributed by atoms with Gasteiger partial charge in [0.05, 0.1) is 0 Å². The molecule has 0 saturated carbocycles. The van der Waals surface area contributed by atoms with Crippen molar-refractivity contribution in [2.24, 2.45) is 0 Å². The van der Waals surface area contributed by atoms with Crippen molar-refractivity contribution in [3.05, 3.63) is 36.1 Å². The molecule has 2 fully saturated rings. The quantitative estimate of drug-likeness (QED) is 0.812. The van der Waals surface area contributed by atoms with E-state index in [0.29, 0.717) is 17.6 Å². The average Bonchev–Trinajstić information content (AvgIpc) is 3.06. The molecule has 0 amide bonds. The summed E-state index contributed by atoms with van der Waals surface area (Å²) in [6.45, 7) is 3.32. The Bertz CT molecular complexity index is 678. The lowest BCUT2D eigenvalue weighted by Crippen LogP contribution is -2.45. The van der Waals surface area contributed by atoms with Crippen LogP contribution in [0, 0.1) is 0 Å². The fraction of sp³-hybridized carbons (Fsp3) is 0.500. The lowest BCUT2D eigenvalue weighted by Gasteiger charge is -2.37. The first-order valence-corrected chi connectivity index (χ1v) is 8.19. The van der Waals surface area contributed by atoms with Crippen LogP contribution in [-0.2, 0) is 4.74 Å². The summed E-state index contributed by atoms with van der Waals surface area (Å²) in [5, 5.41) is 0.835. The Morgan fingerprint density at radius 2 is 2.00 bits per heavy atom. The maximum atomic E-state index is 12.5. The van der Waals surface area contributed by atoms with Gasteiger partial charge in [-0.1, -0.05) is 25.1 Å². The van der Waals surface area contributed by atoms with Crippen molar-refractivity contribution >= 4 is 16.9 Å². The summed E-state index contributed by atoms with van der Waals surface area (Å²) < 4.78 is 11.2. The monoisotopic (exact) mass is 299 g/mol. The molecule has 0 spiro atoms. The zero-order chi connectivity index (χ0) is 15.1. The summed E-state index contributed by atoms with van der Waals surface area (Å²) >= 11 is 0. The summed E-state index contributed by atoms with van der Waals surface area (Å²) in [7, 11) is 0. The van der Waals surface area contributed by atoms with Crippen LogP contribution in [0.2, 0.25) is 0 Å². The Balaban J connectivity index is 1.49. The Morgan fingerprint density at radius 3 is 2.73 bits per heavy atom. The van der Waals surface area contributed by atoms with Crippen molar-refractivity contribution in [2.45, 2.75) is 50.8 Å². The maximum Gasteiger partial charge on any atom is 0.342 e. The molecule has 2 aliphatic rings. The predicted octanol–water partition coefficient (Wildman–Crippen LogP) is 3.60. The van der Waals surface area contributed by atoms with Gasteiger partial charge < -0.3 is 9.15 Å². The summed E-state index contributed by atoms with van der Waals surface area (Å²) in [5.41, 5.74) is 1.27. The van der Waals surface area contributed by atoms with Crippen LogP contribution in [0.15, 0.2) is 34.9 Å². The van der Waals surface area contributed by atoms with E-state index in [4.69, 9.17) is 9.15 Å². The van der Waals surface area contributed by atoms with Gasteiger partial charge in [0.15, 0.2) is 0 Å². The van der Waals surface area contributed by atoms with Crippen LogP contribution < -0.4 is 0 Å². The van der Waals surface area contributed by atoms with Gasteiger partial charge in [0, 0.05) is 30.3 Å². The molecule has 2 atom stereocenters. The van der Waals surface area contributed by atoms with Crippen LogP contribution >= 0.6 is 0 Å². The summed E-state index contributed by atoms with van der Waals surface area (Å²) in [4.78, 5) is 15.0. The molecule has 0 N–H and O–H groups in total. The summed E-state index contributed by atoms with van der Waals surface area (Å²) in [6, 6.07) is 8.75. The van der Waals surface area contributed by atoms with Gasteiger partial charge in [-0.05, 0) is 25.5 Å². The van der Waals surface area contributed by atoms with Crippen molar-refractivity contribution in [3.8, 4) is 0 Å². The molecule has 3 heterocycles. The molecule has 2 bridgehead atoms. The SMILES string of the molecule is CCN1C2CCC1CC(OC(=O)c1coc3ccccc13)C2. The van der Waals surface area contributed by atoms with Crippen molar-refractivity contribution in [1.82, 2.24) is 4.90 Å². The Kier molecular flexibility index (Phi) is 3.41. The van der Waals surface area contributed by atoms with Gasteiger partial charge in [0.25, 0.3) is 0 Å². The highest BCUT2D eigenvalue weighted by Gasteiger charge is 2.41. The van der Waals surface area contributed by atoms with E-state index in [0.717, 1.165) is 30.4 Å². The van der Waals surface area contributed by atoms with Crippen LogP contribution in [0.5, 0.6) is 0 Å². The average molecular weight is 299 g/mol. The van der Waals surface area contributed by atoms with Crippen LogP contribution in [0.25, 0.3) is 11.0 Å². The number of esters is 1. The minimum atomic E-state index is -0.251. The van der Waals surface area contributed by atoms with E-state index in [1.165, 1.54) is 19.1 Å². The molecule has 4 nitrogen and oxygen atoms in total. The minimum absolute atomic E-state index is 0.0430. The number of benzene rings is 1. The number of carbonyl (C=O) groups is 1. The fourth-order valence-electron chi connectivity index (χ4n) is 4.19. The number of hydrogen-bond acceptors (Lipinski definition) is 4. The number of nitrogens with zero attached hydrogens (tertiary/aromatic N) is 1. The Labute approximate surface area is 130 Å². The molecule has 0 aliphatic carbocycles. The smallest absolute Gasteiger partial charge is 0.342 e. The van der Waals surface area contributed by atoms with E-state index >= 15 is 0 Å². The van der Waals surface area contributed by atoms with Gasteiger partial charge in [-0.3, -0.25) is 4.90 Å². The van der Waals surface area contributed by atoms with Crippen LogP contribution in [0.3, 0.4) is 0 Å². The van der Waals surface area contributed by atoms with Crippen molar-refractivity contribution in [2.75, 3.05) is 6.54 Å². The number of carbonyl (C=O) groups excluding carboxylic acids is 1. The molecule has 1 aromatic heterocycles. The second kappa shape index (κ2) is 5.43. The molecule has 2 unspecified atom stereocenters. The molecule has 116 valence electrons. The largest absolute Gasteiger partial charge is 0.463 e. The molecular formula is C18H21NO3. The lowest BCUT2D eigenvalue weighted by molar-refractivity contribution is -0.00468. The lowest BCUT2D eigenvalue weighted by atomic mass is 9.99. The standard InChI is InChI=1S/C18H21NO3/c1-2-19-12-7-8-13(19)10-14(9-12)22-18(20)16-11-21-17-6-4-3-5-15(16)17/h3-6,11-14H,2,7-10H2,1H3. The third-order valence-corrected chi connectivity index (χ3v) is 5.18. The maximum absolute atomic E-state index is 12.5. The Morgan fingerprint density at radius 1 is 1.27 bits per heavy atom. The molecule has 0 radical (unpaired) electrons. The number of ether oxygens (including phenoxy) is 1. The number of furan rings is 1. The first-order valence-electron chi connectivity index (χ1n) is 8.19. The van der Waals surface area contributed by atoms with Gasteiger partial charge >= 0.3 is 5.97 Å². The van der Waals surface area contributed by atoms with Gasteiger partial charge in [-0.15, -0.1) is 0 Å². The van der Waals surface area contributed by atoms with Gasteiger partial charge in [-0.2, -0.15) is 0 Å². The molecule has 22 heavy (non-hydrogen) atoms. The second-order valence-electron chi connectivity index (χ2n) is 6.36. The van der Waals surface area contributed by atoms with E-state index in [1.807, 2.05) is 24.3 Å². The first kappa shape index (κ1) is 13.8. The minimum Gasteiger partial charge on any atom is -0.463 e. The molecule has 4 heteroatoms. The first-order chi connectivity index (χ1) is 10.8. The highest BCUT2D eigenvalue weighted by atomic mass is 16.5. The van der Waals surface area contributed by atoms with Crippen molar-refractivity contribution in [1.29, 1.82) is 0 Å². The molecule has 1 aromatic carbocycles. The van der Waals surface area contributed by atoms with Crippen LogP contribution in [-0.4, -0.2) is 35.6 Å². The number of piperidine rings is 1. The fourth-order valence-corrected chi connectivity index (χ4v) is 4.19. The molecule has 2 aliphatic heterocycles. The number of rotatable bonds is 3. The topological polar surface area (TPSA) is 42.7 Å². The molecule has 2 aromatic rings. The summed E-state index contributed by atoms with van der Waals surface area (Å²) in [6.07, 6.45) is 5.96. The van der Waals surface area contributed by atoms with Crippen molar-refractivity contribution < 1.29 is 13.9 Å². The van der Waals surface area contributed by atoms with Crippen LogP contribution in [0.1, 0.15) is 43.0 Å². The third-order valence-electron chi connectivity index (χ3n) is 5.18. The van der Waals surface area contributed by atoms with E-state index in [2.05, 4.69) is 11.8 Å². The van der Waals surface area contributed by atoms with E-state index in [9.17, 15) is 4.79 Å². The number of fused-ring (bicyclic) bond motifs is 3. The zero-order valence-corrected chi connectivity index (χ0v) is 12.8. The number of hydrogen-bond donors (Lipinski definition) is 0. The van der Waals surface area contributed by atoms with Gasteiger partial charge in [-0.25, -0.2) is 4.79 Å². The molecular weight excluding hydrogens is 278 g/mol. The Hall–Kier alpha value is -1.81. The van der Waals surface area contributed by atoms with Crippen molar-refractivity contribution in [3.63, 3.8) is 0 Å². The van der Waals surface area contributed by atoms with Gasteiger partial charge in [0.2, 0.25) is 0 Å². The zero-order valence-electron chi connectivity index (χ0n) is 12.8. The molecule has 4 rings (SSSR count). The van der Waals surface area contributed by atoms with E-state index in [1.54, 1.807) is 0 Å². The van der Waals surface area contributed by atoms with Gasteiger partial charge in [0.1, 0.15) is 23.5 Å². The predicted molar refractivity (Wildman–Crippen MR) is 83.8 cm³/mol. The third kappa shape index (κ3) is 2.22. The second-order valence-corrected chi connectivity index (χ2v) is 6.36. The highest BCUT2D eigenvalue weighted by molar-refractivity contribution is 6.03. The normalized spacial score (nSPS) is 28.1. The van der Waals surface area contributed by atoms with Crippen LogP contribution in [0.4, 0.5) is 0 Å². The molecule has 2 saturated heterocycles. The highest BCUT2D eigenvalue weighted by Crippen LogP contribution is 2.37. The van der Waals surface area contributed by atoms with E-state index < -0.39 is 0 Å². The summed E-state index contributed by atoms with van der Waals surface area (Å²) in [5.74, 6) is -0.251. The van der Waals surface area contributed by atoms with E-state index in [-0.39, 0.29) is 12.1 Å².